The molecule has 0 bridgehead atoms. The quantitative estimate of drug-likeness (QED) is 0.176. The Balaban J connectivity index is 1.47. The number of hydrogen-bond acceptors (Lipinski definition) is 11. The summed E-state index contributed by atoms with van der Waals surface area (Å²) < 4.78 is 11.3. The molecule has 0 aromatic rings. The topological polar surface area (TPSA) is 194 Å². The molecule has 11 nitrogen and oxygen atoms in total. The van der Waals surface area contributed by atoms with Crippen LogP contribution in [0.4, 0.5) is 0 Å². The lowest BCUT2D eigenvalue weighted by Crippen LogP contribution is -2.64. The summed E-state index contributed by atoms with van der Waals surface area (Å²) in [6, 6.07) is 0. The molecule has 1 aliphatic heterocycles. The van der Waals surface area contributed by atoms with Gasteiger partial charge in [-0.25, -0.2) is 0 Å². The van der Waals surface area contributed by atoms with E-state index in [1.54, 1.807) is 39.8 Å². The number of rotatable bonds is 9. The third-order valence-corrected chi connectivity index (χ3v) is 13.6. The Labute approximate surface area is 283 Å². The fraction of sp³-hybridized carbons (Fsp3) is 0.784. The highest BCUT2D eigenvalue weighted by Gasteiger charge is 2.71. The molecule has 2 saturated carbocycles. The zero-order chi connectivity index (χ0) is 35.8. The molecule has 4 aliphatic carbocycles. The molecule has 270 valence electrons. The first kappa shape index (κ1) is 37.3. The van der Waals surface area contributed by atoms with Gasteiger partial charge in [-0.2, -0.15) is 0 Å². The molecule has 0 amide bonds. The first-order chi connectivity index (χ1) is 22.1. The highest BCUT2D eigenvalue weighted by atomic mass is 16.6. The maximum absolute atomic E-state index is 14.7. The van der Waals surface area contributed by atoms with Gasteiger partial charge in [-0.15, -0.1) is 0 Å². The van der Waals surface area contributed by atoms with Gasteiger partial charge in [-0.3, -0.25) is 9.59 Å². The fourth-order valence-electron chi connectivity index (χ4n) is 10.5. The third-order valence-electron chi connectivity index (χ3n) is 13.6. The average Bonchev–Trinajstić information content (AvgIpc) is 3.28. The normalized spacial score (nSPS) is 44.5. The summed E-state index contributed by atoms with van der Waals surface area (Å²) in [6.45, 7) is 11.7. The van der Waals surface area contributed by atoms with Crippen LogP contribution < -0.4 is 0 Å². The van der Waals surface area contributed by atoms with Crippen molar-refractivity contribution in [3.05, 3.63) is 35.1 Å². The lowest BCUT2D eigenvalue weighted by atomic mass is 9.39. The second-order valence-corrected chi connectivity index (χ2v) is 16.9. The molecule has 12 atom stereocenters. The molecule has 5 aliphatic rings. The number of ether oxygens (including phenoxy) is 2. The number of carbonyl (C=O) groups is 2. The summed E-state index contributed by atoms with van der Waals surface area (Å²) in [5.41, 5.74) is -4.73. The van der Waals surface area contributed by atoms with Crippen molar-refractivity contribution < 1.29 is 54.8 Å². The first-order valence-electron chi connectivity index (χ1n) is 17.3. The fourth-order valence-corrected chi connectivity index (χ4v) is 10.5. The monoisotopic (exact) mass is 676 g/mol. The molecule has 48 heavy (non-hydrogen) atoms. The van der Waals surface area contributed by atoms with Crippen molar-refractivity contribution in [2.75, 3.05) is 26.4 Å². The number of hydrogen-bond donors (Lipinski definition) is 7. The van der Waals surface area contributed by atoms with Gasteiger partial charge in [-0.05, 0) is 81.3 Å². The van der Waals surface area contributed by atoms with Gasteiger partial charge in [0.25, 0.3) is 0 Å². The van der Waals surface area contributed by atoms with Crippen LogP contribution in [0.25, 0.3) is 0 Å². The van der Waals surface area contributed by atoms with E-state index in [9.17, 15) is 45.3 Å². The summed E-state index contributed by atoms with van der Waals surface area (Å²) >= 11 is 0. The van der Waals surface area contributed by atoms with E-state index < -0.39 is 77.6 Å². The van der Waals surface area contributed by atoms with Crippen molar-refractivity contribution in [2.45, 2.75) is 116 Å². The molecule has 0 aromatic carbocycles. The molecular weight excluding hydrogens is 620 g/mol. The molecular formula is C37H56O11. The van der Waals surface area contributed by atoms with E-state index in [1.807, 2.05) is 6.92 Å². The predicted octanol–water partition coefficient (Wildman–Crippen LogP) is 1.74. The Morgan fingerprint density at radius 2 is 1.81 bits per heavy atom. The van der Waals surface area contributed by atoms with Crippen molar-refractivity contribution in [3.8, 4) is 0 Å². The van der Waals surface area contributed by atoms with E-state index in [0.717, 1.165) is 12.0 Å². The Morgan fingerprint density at radius 3 is 2.44 bits per heavy atom. The molecule has 11 heteroatoms. The van der Waals surface area contributed by atoms with Gasteiger partial charge in [0.05, 0.1) is 36.9 Å². The zero-order valence-corrected chi connectivity index (χ0v) is 29.4. The van der Waals surface area contributed by atoms with Crippen molar-refractivity contribution in [1.82, 2.24) is 0 Å². The molecule has 1 saturated heterocycles. The van der Waals surface area contributed by atoms with Crippen LogP contribution in [-0.2, 0) is 19.1 Å². The summed E-state index contributed by atoms with van der Waals surface area (Å²) in [5.74, 6) is -1.19. The van der Waals surface area contributed by atoms with Gasteiger partial charge in [0, 0.05) is 24.2 Å². The molecule has 0 spiro atoms. The molecule has 5 rings (SSSR count). The van der Waals surface area contributed by atoms with E-state index in [1.165, 1.54) is 0 Å². The van der Waals surface area contributed by atoms with Gasteiger partial charge >= 0.3 is 0 Å². The van der Waals surface area contributed by atoms with Gasteiger partial charge in [0.2, 0.25) is 5.78 Å². The summed E-state index contributed by atoms with van der Waals surface area (Å²) in [4.78, 5) is 28.5. The van der Waals surface area contributed by atoms with Gasteiger partial charge in [-0.1, -0.05) is 38.5 Å². The number of fused-ring (bicyclic) bond motifs is 5. The smallest absolute Gasteiger partial charge is 0.206 e. The lowest BCUT2D eigenvalue weighted by Gasteiger charge is -2.64. The van der Waals surface area contributed by atoms with E-state index in [-0.39, 0.29) is 54.0 Å². The first-order valence-corrected chi connectivity index (χ1v) is 17.3. The van der Waals surface area contributed by atoms with Crippen LogP contribution in [0.15, 0.2) is 35.1 Å². The van der Waals surface area contributed by atoms with Crippen molar-refractivity contribution in [2.24, 2.45) is 39.4 Å². The van der Waals surface area contributed by atoms with E-state index in [2.05, 4.69) is 19.9 Å². The predicted molar refractivity (Wildman–Crippen MR) is 175 cm³/mol. The van der Waals surface area contributed by atoms with Crippen LogP contribution in [0.1, 0.15) is 80.6 Å². The van der Waals surface area contributed by atoms with Gasteiger partial charge in [0.1, 0.15) is 36.3 Å². The Bertz CT molecular complexity index is 1400. The maximum atomic E-state index is 14.7. The number of aliphatic hydroxyl groups is 7. The second-order valence-electron chi connectivity index (χ2n) is 16.9. The van der Waals surface area contributed by atoms with Crippen molar-refractivity contribution >= 4 is 11.6 Å². The molecule has 7 unspecified atom stereocenters. The van der Waals surface area contributed by atoms with Crippen LogP contribution in [0.2, 0.25) is 0 Å². The number of carbonyl (C=O) groups excluding carboxylic acids is 2. The maximum Gasteiger partial charge on any atom is 0.206 e. The number of aliphatic hydroxyl groups excluding tert-OH is 5. The lowest BCUT2D eigenvalue weighted by molar-refractivity contribution is -0.250. The zero-order valence-electron chi connectivity index (χ0n) is 29.4. The molecule has 0 aromatic heterocycles. The molecule has 7 N–H and O–H groups in total. The SMILES string of the molecule is C/C(=C\[C@@H](O)C[C@](C)(O)[C@H]1CC[C@@]2(C)C3CC=C4C(C=C(OCC5(O)COC(CO)[C@@H](O)C5O)C(=O)C4(C)C)C3(C)C(=O)CC12C)CO. The van der Waals surface area contributed by atoms with Gasteiger partial charge in [0.15, 0.2) is 5.76 Å². The van der Waals surface area contributed by atoms with Crippen LogP contribution in [0.3, 0.4) is 0 Å². The van der Waals surface area contributed by atoms with E-state index in [4.69, 9.17) is 9.47 Å². The minimum atomic E-state index is -2.04. The van der Waals surface area contributed by atoms with E-state index >= 15 is 0 Å². The second kappa shape index (κ2) is 12.4. The minimum absolute atomic E-state index is 0.0258. The Morgan fingerprint density at radius 1 is 1.15 bits per heavy atom. The number of ketones is 2. The van der Waals surface area contributed by atoms with Crippen LogP contribution in [0, 0.1) is 39.4 Å². The Hall–Kier alpha value is -1.96. The van der Waals surface area contributed by atoms with Crippen molar-refractivity contribution in [3.63, 3.8) is 0 Å². The van der Waals surface area contributed by atoms with Crippen LogP contribution >= 0.6 is 0 Å². The average molecular weight is 677 g/mol. The number of Topliss-reactive ketones (excluding diaryl/α,β-unsaturated/α-hetero) is 2. The highest BCUT2D eigenvalue weighted by molar-refractivity contribution is 6.02. The standard InChI is InChI=1S/C37H56O11/c1-20(16-38)12-21(40)14-35(6,45)26-10-11-33(4)27-9-8-22-23(36(27,7)28(41)15-34(26,33)5)13-24(30(43)32(22,2)3)47-18-37(46)19-48-25(17-39)29(42)31(37)44/h8,12-13,21,23,25-27,29,31,38-40,42,44-46H,9-11,14-19H2,1-7H3/b20-12+/t21-,23?,25?,26+,27?,29-,31?,33+,34?,35+,36?,37?/m1/s1. The number of allylic oxidation sites excluding steroid dienone is 4. The summed E-state index contributed by atoms with van der Waals surface area (Å²) in [5, 5.41) is 73.6. The van der Waals surface area contributed by atoms with Crippen molar-refractivity contribution in [1.29, 1.82) is 0 Å². The van der Waals surface area contributed by atoms with Crippen LogP contribution in [-0.4, -0.2) is 109 Å². The van der Waals surface area contributed by atoms with E-state index in [0.29, 0.717) is 18.4 Å². The highest BCUT2D eigenvalue weighted by Crippen LogP contribution is 2.74. The summed E-state index contributed by atoms with van der Waals surface area (Å²) in [6.07, 6.45) is 2.41. The Kier molecular flexibility index (Phi) is 9.61. The molecule has 0 radical (unpaired) electrons. The summed E-state index contributed by atoms with van der Waals surface area (Å²) in [7, 11) is 0. The largest absolute Gasteiger partial charge is 0.487 e. The minimum Gasteiger partial charge on any atom is -0.487 e. The molecule has 3 fully saturated rings. The molecule has 1 heterocycles. The van der Waals surface area contributed by atoms with Gasteiger partial charge < -0.3 is 45.2 Å². The third kappa shape index (κ3) is 5.48. The van der Waals surface area contributed by atoms with Crippen LogP contribution in [0.5, 0.6) is 0 Å².